The van der Waals surface area contributed by atoms with Crippen molar-refractivity contribution in [3.05, 3.63) is 89.4 Å². The van der Waals surface area contributed by atoms with Crippen molar-refractivity contribution in [3.63, 3.8) is 0 Å². The molecule has 0 aliphatic carbocycles. The minimum atomic E-state index is -0.500. The van der Waals surface area contributed by atoms with E-state index in [2.05, 4.69) is 20.9 Å². The smallest absolute Gasteiger partial charge is 0.291 e. The molecule has 0 saturated carbocycles. The third kappa shape index (κ3) is 5.65. The number of rotatable bonds is 6. The van der Waals surface area contributed by atoms with Crippen LogP contribution in [0.15, 0.2) is 70.3 Å². The minimum absolute atomic E-state index is 0.0858. The number of carbonyl (C=O) groups excluding carboxylic acids is 1. The van der Waals surface area contributed by atoms with Gasteiger partial charge in [0.2, 0.25) is 0 Å². The Hall–Kier alpha value is -3.68. The summed E-state index contributed by atoms with van der Waals surface area (Å²) in [5.41, 5.74) is 1.72. The number of hydrogen-bond acceptors (Lipinski definition) is 3. The van der Waals surface area contributed by atoms with Crippen LogP contribution < -0.4 is 16.0 Å². The van der Waals surface area contributed by atoms with Crippen LogP contribution in [0.25, 0.3) is 0 Å². The molecule has 150 valence electrons. The van der Waals surface area contributed by atoms with Gasteiger partial charge in [0.05, 0.1) is 6.26 Å². The molecule has 0 aliphatic heterocycles. The number of nitrogens with one attached hydrogen (secondary N) is 3. The van der Waals surface area contributed by atoms with Crippen LogP contribution in [-0.2, 0) is 13.1 Å². The van der Waals surface area contributed by atoms with Gasteiger partial charge in [0, 0.05) is 31.4 Å². The van der Waals surface area contributed by atoms with E-state index in [4.69, 9.17) is 4.42 Å². The fourth-order valence-corrected chi connectivity index (χ4v) is 2.62. The van der Waals surface area contributed by atoms with Crippen molar-refractivity contribution >= 4 is 17.6 Å². The number of halogens is 2. The number of benzene rings is 2. The number of hydrogen-bond donors (Lipinski definition) is 3. The lowest BCUT2D eigenvalue weighted by atomic mass is 10.2. The van der Waals surface area contributed by atoms with Crippen LogP contribution >= 0.6 is 0 Å². The van der Waals surface area contributed by atoms with Crippen LogP contribution in [0.4, 0.5) is 14.5 Å². The van der Waals surface area contributed by atoms with E-state index in [9.17, 15) is 13.6 Å². The molecule has 6 nitrogen and oxygen atoms in total. The molecular formula is C21H20F2N4O2. The first kappa shape index (κ1) is 20.1. The van der Waals surface area contributed by atoms with Crippen molar-refractivity contribution in [1.29, 1.82) is 0 Å². The molecule has 8 heteroatoms. The highest BCUT2D eigenvalue weighted by Gasteiger charge is 2.09. The second kappa shape index (κ2) is 9.50. The Morgan fingerprint density at radius 3 is 2.62 bits per heavy atom. The Bertz CT molecular complexity index is 1000. The Kier molecular flexibility index (Phi) is 6.57. The van der Waals surface area contributed by atoms with E-state index in [-0.39, 0.29) is 23.8 Å². The number of carbonyl (C=O) groups is 1. The predicted molar refractivity (Wildman–Crippen MR) is 106 cm³/mol. The highest BCUT2D eigenvalue weighted by Crippen LogP contribution is 2.13. The van der Waals surface area contributed by atoms with E-state index in [0.717, 1.165) is 23.8 Å². The van der Waals surface area contributed by atoms with Crippen molar-refractivity contribution < 1.29 is 18.0 Å². The van der Waals surface area contributed by atoms with Crippen molar-refractivity contribution in [1.82, 2.24) is 10.6 Å². The zero-order chi connectivity index (χ0) is 20.6. The van der Waals surface area contributed by atoms with Crippen molar-refractivity contribution in [2.45, 2.75) is 13.1 Å². The Morgan fingerprint density at radius 1 is 1.03 bits per heavy atom. The maximum atomic E-state index is 13.7. The quantitative estimate of drug-likeness (QED) is 0.437. The first-order valence-electron chi connectivity index (χ1n) is 8.87. The fourth-order valence-electron chi connectivity index (χ4n) is 2.62. The number of anilines is 1. The van der Waals surface area contributed by atoms with E-state index in [1.165, 1.54) is 6.26 Å². The lowest BCUT2D eigenvalue weighted by Crippen LogP contribution is -2.36. The Balaban J connectivity index is 1.55. The first-order valence-corrected chi connectivity index (χ1v) is 8.87. The molecule has 0 aliphatic rings. The molecule has 0 bridgehead atoms. The fraction of sp³-hybridized carbons (Fsp3) is 0.143. The predicted octanol–water partition coefficient (Wildman–Crippen LogP) is 3.68. The molecule has 0 unspecified atom stereocenters. The molecular weight excluding hydrogens is 378 g/mol. The van der Waals surface area contributed by atoms with E-state index < -0.39 is 11.6 Å². The van der Waals surface area contributed by atoms with E-state index in [1.807, 2.05) is 18.2 Å². The van der Waals surface area contributed by atoms with Crippen LogP contribution in [0.2, 0.25) is 0 Å². The molecule has 3 aromatic rings. The summed E-state index contributed by atoms with van der Waals surface area (Å²) in [5.74, 6) is -0.676. The highest BCUT2D eigenvalue weighted by molar-refractivity contribution is 6.02. The van der Waals surface area contributed by atoms with Gasteiger partial charge in [-0.25, -0.2) is 8.78 Å². The summed E-state index contributed by atoms with van der Waals surface area (Å²) < 4.78 is 32.1. The second-order valence-corrected chi connectivity index (χ2v) is 6.15. The molecule has 3 rings (SSSR count). The Labute approximate surface area is 166 Å². The molecule has 0 saturated heterocycles. The van der Waals surface area contributed by atoms with Gasteiger partial charge in [-0.1, -0.05) is 12.1 Å². The molecule has 1 heterocycles. The van der Waals surface area contributed by atoms with E-state index in [0.29, 0.717) is 18.2 Å². The average molecular weight is 398 g/mol. The van der Waals surface area contributed by atoms with Crippen LogP contribution in [0.3, 0.4) is 0 Å². The lowest BCUT2D eigenvalue weighted by molar-refractivity contribution is 0.0996. The lowest BCUT2D eigenvalue weighted by Gasteiger charge is -2.13. The number of furan rings is 1. The van der Waals surface area contributed by atoms with Gasteiger partial charge in [0.25, 0.3) is 5.91 Å². The van der Waals surface area contributed by atoms with Gasteiger partial charge in [-0.05, 0) is 48.0 Å². The summed E-state index contributed by atoms with van der Waals surface area (Å²) in [4.78, 5) is 16.1. The van der Waals surface area contributed by atoms with Gasteiger partial charge < -0.3 is 20.4 Å². The highest BCUT2D eigenvalue weighted by atomic mass is 19.1. The summed E-state index contributed by atoms with van der Waals surface area (Å²) in [7, 11) is 1.58. The normalized spacial score (nSPS) is 11.2. The van der Waals surface area contributed by atoms with E-state index in [1.54, 1.807) is 25.2 Å². The summed E-state index contributed by atoms with van der Waals surface area (Å²) in [6.07, 6.45) is 1.43. The third-order valence-electron chi connectivity index (χ3n) is 4.07. The van der Waals surface area contributed by atoms with Gasteiger partial charge in [-0.3, -0.25) is 9.79 Å². The standard InChI is InChI=1S/C21H20F2N4O2/c1-24-21(26-13-15-11-16(22)7-8-18(15)23)25-12-14-4-2-5-17(10-14)27-20(28)19-6-3-9-29-19/h2-11H,12-13H2,1H3,(H,27,28)(H2,24,25,26). The molecule has 1 amide bonds. The minimum Gasteiger partial charge on any atom is -0.459 e. The zero-order valence-corrected chi connectivity index (χ0v) is 15.7. The van der Waals surface area contributed by atoms with Crippen molar-refractivity contribution in [3.8, 4) is 0 Å². The molecule has 0 spiro atoms. The zero-order valence-electron chi connectivity index (χ0n) is 15.7. The third-order valence-corrected chi connectivity index (χ3v) is 4.07. The summed E-state index contributed by atoms with van der Waals surface area (Å²) in [6, 6.07) is 13.8. The van der Waals surface area contributed by atoms with Crippen molar-refractivity contribution in [2.24, 2.45) is 4.99 Å². The van der Waals surface area contributed by atoms with Gasteiger partial charge in [0.15, 0.2) is 11.7 Å². The molecule has 0 atom stereocenters. The van der Waals surface area contributed by atoms with Crippen molar-refractivity contribution in [2.75, 3.05) is 12.4 Å². The SMILES string of the molecule is CN=C(NCc1cccc(NC(=O)c2ccco2)c1)NCc1cc(F)ccc1F. The monoisotopic (exact) mass is 398 g/mol. The maximum Gasteiger partial charge on any atom is 0.291 e. The number of amides is 1. The summed E-state index contributed by atoms with van der Waals surface area (Å²) in [6.45, 7) is 0.498. The second-order valence-electron chi connectivity index (χ2n) is 6.15. The van der Waals surface area contributed by atoms with Gasteiger partial charge in [-0.15, -0.1) is 0 Å². The summed E-state index contributed by atoms with van der Waals surface area (Å²) >= 11 is 0. The van der Waals surface area contributed by atoms with Gasteiger partial charge in [-0.2, -0.15) is 0 Å². The molecule has 29 heavy (non-hydrogen) atoms. The summed E-state index contributed by atoms with van der Waals surface area (Å²) in [5, 5.41) is 8.79. The first-order chi connectivity index (χ1) is 14.0. The van der Waals surface area contributed by atoms with Crippen LogP contribution in [0.5, 0.6) is 0 Å². The van der Waals surface area contributed by atoms with Gasteiger partial charge in [0.1, 0.15) is 11.6 Å². The Morgan fingerprint density at radius 2 is 1.86 bits per heavy atom. The molecule has 0 radical (unpaired) electrons. The largest absolute Gasteiger partial charge is 0.459 e. The molecule has 1 aromatic heterocycles. The number of aliphatic imine (C=N–C) groups is 1. The number of guanidine groups is 1. The van der Waals surface area contributed by atoms with Crippen LogP contribution in [0.1, 0.15) is 21.7 Å². The van der Waals surface area contributed by atoms with E-state index >= 15 is 0 Å². The molecule has 2 aromatic carbocycles. The topological polar surface area (TPSA) is 78.7 Å². The molecule has 0 fully saturated rings. The van der Waals surface area contributed by atoms with Crippen LogP contribution in [-0.4, -0.2) is 18.9 Å². The van der Waals surface area contributed by atoms with Crippen LogP contribution in [0, 0.1) is 11.6 Å². The number of nitrogens with zero attached hydrogens (tertiary/aromatic N) is 1. The van der Waals surface area contributed by atoms with Gasteiger partial charge >= 0.3 is 0 Å². The average Bonchev–Trinajstić information content (AvgIpc) is 3.26. The maximum absolute atomic E-state index is 13.7. The molecule has 3 N–H and O–H groups in total.